The van der Waals surface area contributed by atoms with Crippen LogP contribution in [0.25, 0.3) is 0 Å². The van der Waals surface area contributed by atoms with Crippen LogP contribution in [-0.2, 0) is 6.42 Å². The maximum absolute atomic E-state index is 8.66. The molecule has 0 heterocycles. The molecule has 1 aromatic carbocycles. The summed E-state index contributed by atoms with van der Waals surface area (Å²) in [6.45, 7) is 0. The van der Waals surface area contributed by atoms with E-state index >= 15 is 0 Å². The fourth-order valence-electron chi connectivity index (χ4n) is 0.972. The zero-order valence-electron chi connectivity index (χ0n) is 6.90. The molecule has 0 aliphatic carbocycles. The molecule has 0 saturated carbocycles. The molecule has 0 saturated heterocycles. The van der Waals surface area contributed by atoms with Crippen LogP contribution < -0.4 is 4.74 Å². The van der Waals surface area contributed by atoms with Gasteiger partial charge in [-0.05, 0) is 17.7 Å². The second-order valence-electron chi connectivity index (χ2n) is 2.53. The zero-order chi connectivity index (χ0) is 8.97. The largest absolute Gasteiger partial charge is 0.497 e. The second-order valence-corrected chi connectivity index (χ2v) is 2.53. The van der Waals surface area contributed by atoms with Crippen LogP contribution in [-0.4, -0.2) is 23.6 Å². The van der Waals surface area contributed by atoms with Crippen molar-refractivity contribution in [3.05, 3.63) is 29.8 Å². The molecule has 1 rings (SSSR count). The molecular weight excluding hydrogens is 156 g/mol. The number of aliphatic hydroxyl groups is 2. The second kappa shape index (κ2) is 4.09. The number of rotatable bonds is 3. The first-order chi connectivity index (χ1) is 5.72. The SMILES string of the molecule is COc1ccc(CC(O)O)cc1. The predicted octanol–water partition coefficient (Wildman–Crippen LogP) is 0.548. The molecule has 0 aliphatic heterocycles. The van der Waals surface area contributed by atoms with E-state index in [0.29, 0.717) is 0 Å². The third-order valence-corrected chi connectivity index (χ3v) is 1.58. The Bertz CT molecular complexity index is 228. The standard InChI is InChI=1S/C9H12O3/c1-12-8-4-2-7(3-5-8)6-9(10)11/h2-5,9-11H,6H2,1H3. The lowest BCUT2D eigenvalue weighted by Gasteiger charge is -2.04. The number of aliphatic hydroxyl groups excluding tert-OH is 1. The van der Waals surface area contributed by atoms with Gasteiger partial charge in [0.15, 0.2) is 6.29 Å². The van der Waals surface area contributed by atoms with E-state index in [2.05, 4.69) is 0 Å². The summed E-state index contributed by atoms with van der Waals surface area (Å²) in [6.07, 6.45) is -1.03. The van der Waals surface area contributed by atoms with Crippen molar-refractivity contribution in [2.75, 3.05) is 7.11 Å². The predicted molar refractivity (Wildman–Crippen MR) is 44.9 cm³/mol. The van der Waals surface area contributed by atoms with Gasteiger partial charge in [-0.3, -0.25) is 0 Å². The van der Waals surface area contributed by atoms with Crippen LogP contribution >= 0.6 is 0 Å². The number of ether oxygens (including phenoxy) is 1. The van der Waals surface area contributed by atoms with Gasteiger partial charge in [-0.25, -0.2) is 0 Å². The minimum absolute atomic E-state index is 0.254. The van der Waals surface area contributed by atoms with Crippen LogP contribution in [0.4, 0.5) is 0 Å². The highest BCUT2D eigenvalue weighted by Gasteiger charge is 1.99. The molecule has 1 aromatic rings. The quantitative estimate of drug-likeness (QED) is 0.648. The molecule has 0 amide bonds. The van der Waals surface area contributed by atoms with E-state index in [9.17, 15) is 0 Å². The van der Waals surface area contributed by atoms with Gasteiger partial charge in [0.05, 0.1) is 7.11 Å². The van der Waals surface area contributed by atoms with Crippen LogP contribution in [0.5, 0.6) is 5.75 Å². The van der Waals surface area contributed by atoms with Crippen LogP contribution in [0.3, 0.4) is 0 Å². The molecule has 0 spiro atoms. The Balaban J connectivity index is 2.65. The first-order valence-electron chi connectivity index (χ1n) is 3.71. The van der Waals surface area contributed by atoms with Gasteiger partial charge < -0.3 is 14.9 Å². The first-order valence-corrected chi connectivity index (χ1v) is 3.71. The molecule has 0 unspecified atom stereocenters. The Morgan fingerprint density at radius 1 is 1.25 bits per heavy atom. The summed E-state index contributed by atoms with van der Waals surface area (Å²) in [7, 11) is 1.59. The lowest BCUT2D eigenvalue weighted by molar-refractivity contribution is -0.0381. The topological polar surface area (TPSA) is 49.7 Å². The van der Waals surface area contributed by atoms with Crippen LogP contribution in [0.15, 0.2) is 24.3 Å². The van der Waals surface area contributed by atoms with Gasteiger partial charge >= 0.3 is 0 Å². The summed E-state index contributed by atoms with van der Waals surface area (Å²) in [5, 5.41) is 17.3. The Morgan fingerprint density at radius 2 is 1.83 bits per heavy atom. The van der Waals surface area contributed by atoms with Gasteiger partial charge in [0, 0.05) is 6.42 Å². The molecular formula is C9H12O3. The van der Waals surface area contributed by atoms with Crippen molar-refractivity contribution >= 4 is 0 Å². The molecule has 0 aromatic heterocycles. The summed E-state index contributed by atoms with van der Waals surface area (Å²) in [5.41, 5.74) is 0.880. The fourth-order valence-corrected chi connectivity index (χ4v) is 0.972. The molecule has 0 aliphatic rings. The normalized spacial score (nSPS) is 10.3. The van der Waals surface area contributed by atoms with Gasteiger partial charge in [-0.15, -0.1) is 0 Å². The molecule has 66 valence electrons. The molecule has 0 bridgehead atoms. The van der Waals surface area contributed by atoms with E-state index in [4.69, 9.17) is 14.9 Å². The molecule has 12 heavy (non-hydrogen) atoms. The minimum atomic E-state index is -1.28. The average Bonchev–Trinajstić information content (AvgIpc) is 2.05. The van der Waals surface area contributed by atoms with Crippen LogP contribution in [0.2, 0.25) is 0 Å². The van der Waals surface area contributed by atoms with Crippen molar-refractivity contribution < 1.29 is 14.9 Å². The van der Waals surface area contributed by atoms with Crippen molar-refractivity contribution in [1.82, 2.24) is 0 Å². The lowest BCUT2D eigenvalue weighted by atomic mass is 10.1. The van der Waals surface area contributed by atoms with Crippen molar-refractivity contribution in [3.8, 4) is 5.75 Å². The molecule has 0 atom stereocenters. The van der Waals surface area contributed by atoms with Gasteiger partial charge in [0.25, 0.3) is 0 Å². The van der Waals surface area contributed by atoms with Crippen LogP contribution in [0.1, 0.15) is 5.56 Å². The number of benzene rings is 1. The Morgan fingerprint density at radius 3 is 2.25 bits per heavy atom. The van der Waals surface area contributed by atoms with Crippen molar-refractivity contribution in [1.29, 1.82) is 0 Å². The molecule has 0 radical (unpaired) electrons. The molecule has 3 heteroatoms. The maximum Gasteiger partial charge on any atom is 0.155 e. The van der Waals surface area contributed by atoms with Crippen LogP contribution in [0, 0.1) is 0 Å². The molecule has 2 N–H and O–H groups in total. The monoisotopic (exact) mass is 168 g/mol. The van der Waals surface area contributed by atoms with E-state index in [1.165, 1.54) is 0 Å². The highest BCUT2D eigenvalue weighted by Crippen LogP contribution is 2.11. The first kappa shape index (κ1) is 9.03. The third-order valence-electron chi connectivity index (χ3n) is 1.58. The summed E-state index contributed by atoms with van der Waals surface area (Å²) in [5.74, 6) is 0.770. The maximum atomic E-state index is 8.66. The Kier molecular flexibility index (Phi) is 3.08. The lowest BCUT2D eigenvalue weighted by Crippen LogP contribution is -2.07. The smallest absolute Gasteiger partial charge is 0.155 e. The van der Waals surface area contributed by atoms with Gasteiger partial charge in [0.1, 0.15) is 5.75 Å². The average molecular weight is 168 g/mol. The fraction of sp³-hybridized carbons (Fsp3) is 0.333. The Hall–Kier alpha value is -1.06. The van der Waals surface area contributed by atoms with E-state index in [0.717, 1.165) is 11.3 Å². The summed E-state index contributed by atoms with van der Waals surface area (Å²) < 4.78 is 4.95. The van der Waals surface area contributed by atoms with E-state index < -0.39 is 6.29 Å². The highest BCUT2D eigenvalue weighted by atomic mass is 16.5. The number of hydrogen-bond acceptors (Lipinski definition) is 3. The summed E-state index contributed by atoms with van der Waals surface area (Å²) >= 11 is 0. The summed E-state index contributed by atoms with van der Waals surface area (Å²) in [6, 6.07) is 7.19. The Labute approximate surface area is 71.2 Å². The minimum Gasteiger partial charge on any atom is -0.497 e. The van der Waals surface area contributed by atoms with Crippen molar-refractivity contribution in [3.63, 3.8) is 0 Å². The number of hydrogen-bond donors (Lipinski definition) is 2. The summed E-state index contributed by atoms with van der Waals surface area (Å²) in [4.78, 5) is 0. The van der Waals surface area contributed by atoms with Crippen molar-refractivity contribution in [2.45, 2.75) is 12.7 Å². The van der Waals surface area contributed by atoms with Gasteiger partial charge in [-0.1, -0.05) is 12.1 Å². The number of methoxy groups -OCH3 is 1. The van der Waals surface area contributed by atoms with Gasteiger partial charge in [-0.2, -0.15) is 0 Å². The van der Waals surface area contributed by atoms with Crippen molar-refractivity contribution in [2.24, 2.45) is 0 Å². The molecule has 0 fully saturated rings. The highest BCUT2D eigenvalue weighted by molar-refractivity contribution is 5.27. The zero-order valence-corrected chi connectivity index (χ0v) is 6.90. The third kappa shape index (κ3) is 2.53. The molecule has 3 nitrogen and oxygen atoms in total. The van der Waals surface area contributed by atoms with E-state index in [-0.39, 0.29) is 6.42 Å². The van der Waals surface area contributed by atoms with E-state index in [1.807, 2.05) is 0 Å². The van der Waals surface area contributed by atoms with Gasteiger partial charge in [0.2, 0.25) is 0 Å². The van der Waals surface area contributed by atoms with E-state index in [1.54, 1.807) is 31.4 Å².